The van der Waals surface area contributed by atoms with Crippen LogP contribution in [0.1, 0.15) is 46.8 Å². The highest BCUT2D eigenvalue weighted by Gasteiger charge is 2.21. The van der Waals surface area contributed by atoms with E-state index in [0.29, 0.717) is 17.2 Å². The first kappa shape index (κ1) is 19.4. The highest BCUT2D eigenvalue weighted by molar-refractivity contribution is 6.30. The first-order valence-corrected chi connectivity index (χ1v) is 9.64. The Morgan fingerprint density at radius 2 is 1.93 bits per heavy atom. The molecule has 0 saturated heterocycles. The predicted molar refractivity (Wildman–Crippen MR) is 112 cm³/mol. The van der Waals surface area contributed by atoms with Crippen molar-refractivity contribution in [3.05, 3.63) is 63.7 Å². The molecule has 0 saturated carbocycles. The Balaban J connectivity index is 2.27. The van der Waals surface area contributed by atoms with Crippen molar-refractivity contribution in [2.75, 3.05) is 6.61 Å². The van der Waals surface area contributed by atoms with E-state index < -0.39 is 0 Å². The zero-order chi connectivity index (χ0) is 19.6. The van der Waals surface area contributed by atoms with Crippen LogP contribution in [0.25, 0.3) is 22.2 Å². The smallest absolute Gasteiger partial charge is 0.339 e. The van der Waals surface area contributed by atoms with Crippen LogP contribution in [0.3, 0.4) is 0 Å². The minimum Gasteiger partial charge on any atom is -0.462 e. The molecule has 0 spiro atoms. The molecule has 140 valence electrons. The van der Waals surface area contributed by atoms with E-state index in [1.54, 1.807) is 0 Å². The number of aryl methyl sites for hydroxylation is 2. The summed E-state index contributed by atoms with van der Waals surface area (Å²) in [6.07, 6.45) is 1.84. The van der Waals surface area contributed by atoms with Crippen LogP contribution in [0, 0.1) is 20.8 Å². The average Bonchev–Trinajstić information content (AvgIpc) is 2.61. The summed E-state index contributed by atoms with van der Waals surface area (Å²) < 4.78 is 5.56. The number of hydrogen-bond acceptors (Lipinski definition) is 3. The molecule has 0 aliphatic carbocycles. The molecule has 0 aliphatic rings. The van der Waals surface area contributed by atoms with Crippen molar-refractivity contribution < 1.29 is 9.53 Å². The number of benzene rings is 2. The van der Waals surface area contributed by atoms with E-state index in [1.807, 2.05) is 51.1 Å². The monoisotopic (exact) mass is 381 g/mol. The molecule has 1 heterocycles. The summed E-state index contributed by atoms with van der Waals surface area (Å²) in [6.45, 7) is 8.47. The van der Waals surface area contributed by atoms with Crippen LogP contribution < -0.4 is 0 Å². The molecule has 0 bridgehead atoms. The number of esters is 1. The topological polar surface area (TPSA) is 39.2 Å². The van der Waals surface area contributed by atoms with E-state index in [1.165, 1.54) is 0 Å². The molecular weight excluding hydrogens is 358 g/mol. The van der Waals surface area contributed by atoms with Crippen molar-refractivity contribution >= 4 is 28.5 Å². The lowest BCUT2D eigenvalue weighted by atomic mass is 9.95. The van der Waals surface area contributed by atoms with Gasteiger partial charge >= 0.3 is 5.97 Å². The van der Waals surface area contributed by atoms with Gasteiger partial charge in [0.1, 0.15) is 0 Å². The van der Waals surface area contributed by atoms with Gasteiger partial charge < -0.3 is 4.74 Å². The quantitative estimate of drug-likeness (QED) is 0.377. The fraction of sp³-hybridized carbons (Fsp3) is 0.304. The van der Waals surface area contributed by atoms with Gasteiger partial charge in [0.15, 0.2) is 0 Å². The van der Waals surface area contributed by atoms with Gasteiger partial charge in [-0.05, 0) is 56.5 Å². The van der Waals surface area contributed by atoms with Crippen LogP contribution in [0.4, 0.5) is 0 Å². The summed E-state index contributed by atoms with van der Waals surface area (Å²) in [5, 5.41) is 1.48. The van der Waals surface area contributed by atoms with Crippen LogP contribution in [-0.2, 0) is 4.74 Å². The van der Waals surface area contributed by atoms with Crippen LogP contribution in [0.15, 0.2) is 36.4 Å². The number of carbonyl (C=O) groups is 1. The standard InChI is InChI=1S/C23H24ClNO2/c1-5-6-10-27-23(26)20-16(4)22(17-8-7-9-18(24)13-17)25-21-15(3)11-14(2)12-19(20)21/h7-9,11-13H,5-6,10H2,1-4H3. The van der Waals surface area contributed by atoms with Gasteiger partial charge in [-0.2, -0.15) is 0 Å². The Morgan fingerprint density at radius 1 is 1.15 bits per heavy atom. The fourth-order valence-corrected chi connectivity index (χ4v) is 3.57. The predicted octanol–water partition coefficient (Wildman–Crippen LogP) is 6.44. The molecule has 0 fully saturated rings. The van der Waals surface area contributed by atoms with Gasteiger partial charge in [-0.1, -0.05) is 48.7 Å². The third-order valence-corrected chi connectivity index (χ3v) is 4.94. The molecular formula is C23H24ClNO2. The average molecular weight is 382 g/mol. The first-order chi connectivity index (χ1) is 12.9. The second-order valence-electron chi connectivity index (χ2n) is 6.94. The molecule has 3 nitrogen and oxygen atoms in total. The number of halogens is 1. The maximum atomic E-state index is 13.0. The molecule has 0 atom stereocenters. The minimum absolute atomic E-state index is 0.290. The summed E-state index contributed by atoms with van der Waals surface area (Å²) in [5.41, 5.74) is 6.02. The molecule has 0 aliphatic heterocycles. The van der Waals surface area contributed by atoms with Crippen LogP contribution in [0.2, 0.25) is 5.02 Å². The number of pyridine rings is 1. The summed E-state index contributed by atoms with van der Waals surface area (Å²) in [6, 6.07) is 11.7. The lowest BCUT2D eigenvalue weighted by Gasteiger charge is -2.16. The number of unbranched alkanes of at least 4 members (excludes halogenated alkanes) is 1. The van der Waals surface area contributed by atoms with Crippen LogP contribution in [-0.4, -0.2) is 17.6 Å². The highest BCUT2D eigenvalue weighted by Crippen LogP contribution is 2.33. The van der Waals surface area contributed by atoms with Gasteiger partial charge in [-0.15, -0.1) is 0 Å². The second-order valence-corrected chi connectivity index (χ2v) is 7.37. The lowest BCUT2D eigenvalue weighted by Crippen LogP contribution is -2.11. The molecule has 0 radical (unpaired) electrons. The van der Waals surface area contributed by atoms with Crippen molar-refractivity contribution in [1.29, 1.82) is 0 Å². The molecule has 3 aromatic rings. The van der Waals surface area contributed by atoms with Crippen molar-refractivity contribution in [2.24, 2.45) is 0 Å². The zero-order valence-corrected chi connectivity index (χ0v) is 17.0. The Hall–Kier alpha value is -2.39. The highest BCUT2D eigenvalue weighted by atomic mass is 35.5. The number of fused-ring (bicyclic) bond motifs is 1. The zero-order valence-electron chi connectivity index (χ0n) is 16.2. The van der Waals surface area contributed by atoms with Crippen molar-refractivity contribution in [3.8, 4) is 11.3 Å². The van der Waals surface area contributed by atoms with E-state index in [0.717, 1.165) is 51.7 Å². The number of ether oxygens (including phenoxy) is 1. The van der Waals surface area contributed by atoms with Crippen molar-refractivity contribution in [2.45, 2.75) is 40.5 Å². The van der Waals surface area contributed by atoms with E-state index in [2.05, 4.69) is 13.0 Å². The Bertz CT molecular complexity index is 1010. The number of nitrogens with zero attached hydrogens (tertiary/aromatic N) is 1. The number of carbonyl (C=O) groups excluding carboxylic acids is 1. The van der Waals surface area contributed by atoms with E-state index in [9.17, 15) is 4.79 Å². The van der Waals surface area contributed by atoms with E-state index >= 15 is 0 Å². The van der Waals surface area contributed by atoms with Gasteiger partial charge in [0.2, 0.25) is 0 Å². The van der Waals surface area contributed by atoms with Crippen LogP contribution in [0.5, 0.6) is 0 Å². The summed E-state index contributed by atoms with van der Waals surface area (Å²) in [5.74, 6) is -0.290. The van der Waals surface area contributed by atoms with Crippen molar-refractivity contribution in [1.82, 2.24) is 4.98 Å². The van der Waals surface area contributed by atoms with Gasteiger partial charge in [0.25, 0.3) is 0 Å². The third-order valence-electron chi connectivity index (χ3n) is 4.70. The molecule has 4 heteroatoms. The van der Waals surface area contributed by atoms with Gasteiger partial charge in [0.05, 0.1) is 23.4 Å². The minimum atomic E-state index is -0.290. The molecule has 2 aromatic carbocycles. The summed E-state index contributed by atoms with van der Waals surface area (Å²) in [7, 11) is 0. The Labute approximate surface area is 165 Å². The number of rotatable bonds is 5. The maximum Gasteiger partial charge on any atom is 0.339 e. The van der Waals surface area contributed by atoms with E-state index in [-0.39, 0.29) is 5.97 Å². The Kier molecular flexibility index (Phi) is 5.81. The van der Waals surface area contributed by atoms with Gasteiger partial charge in [-0.3, -0.25) is 0 Å². The molecule has 1 aromatic heterocycles. The van der Waals surface area contributed by atoms with Gasteiger partial charge in [0, 0.05) is 16.0 Å². The Morgan fingerprint density at radius 3 is 2.63 bits per heavy atom. The summed E-state index contributed by atoms with van der Waals surface area (Å²) >= 11 is 6.18. The molecule has 0 unspecified atom stereocenters. The SMILES string of the molecule is CCCCOC(=O)c1c(C)c(-c2cccc(Cl)c2)nc2c(C)cc(C)cc12. The summed E-state index contributed by atoms with van der Waals surface area (Å²) in [4.78, 5) is 17.9. The van der Waals surface area contributed by atoms with Crippen LogP contribution >= 0.6 is 11.6 Å². The molecule has 3 rings (SSSR count). The lowest BCUT2D eigenvalue weighted by molar-refractivity contribution is 0.0501. The van der Waals surface area contributed by atoms with Crippen molar-refractivity contribution in [3.63, 3.8) is 0 Å². The maximum absolute atomic E-state index is 13.0. The molecule has 0 amide bonds. The second kappa shape index (κ2) is 8.10. The molecule has 0 N–H and O–H groups in total. The number of aromatic nitrogens is 1. The van der Waals surface area contributed by atoms with Gasteiger partial charge in [-0.25, -0.2) is 9.78 Å². The normalized spacial score (nSPS) is 11.0. The number of hydrogen-bond donors (Lipinski definition) is 0. The fourth-order valence-electron chi connectivity index (χ4n) is 3.38. The first-order valence-electron chi connectivity index (χ1n) is 9.27. The largest absolute Gasteiger partial charge is 0.462 e. The molecule has 27 heavy (non-hydrogen) atoms. The third kappa shape index (κ3) is 3.98. The van der Waals surface area contributed by atoms with E-state index in [4.69, 9.17) is 21.3 Å².